The number of esters is 1. The minimum atomic E-state index is -0.287. The lowest BCUT2D eigenvalue weighted by Gasteiger charge is -2.02. The molecule has 0 saturated carbocycles. The number of nitrogens with zero attached hydrogens (tertiary/aromatic N) is 1. The largest absolute Gasteiger partial charge is 0.462 e. The van der Waals surface area contributed by atoms with Crippen LogP contribution in [0.5, 0.6) is 0 Å². The van der Waals surface area contributed by atoms with E-state index < -0.39 is 0 Å². The number of aliphatic imine (C=N–C) groups is 1. The van der Waals surface area contributed by atoms with Crippen molar-refractivity contribution < 1.29 is 9.53 Å². The molecule has 0 N–H and O–H groups in total. The van der Waals surface area contributed by atoms with Gasteiger partial charge in [0.25, 0.3) is 0 Å². The lowest BCUT2D eigenvalue weighted by Crippen LogP contribution is -2.03. The predicted molar refractivity (Wildman–Crippen MR) is 65.5 cm³/mol. The van der Waals surface area contributed by atoms with Crippen molar-refractivity contribution in [3.8, 4) is 0 Å². The van der Waals surface area contributed by atoms with E-state index in [-0.39, 0.29) is 5.97 Å². The minimum Gasteiger partial charge on any atom is -0.462 e. The van der Waals surface area contributed by atoms with Crippen LogP contribution < -0.4 is 0 Å². The molecule has 0 aliphatic rings. The van der Waals surface area contributed by atoms with Crippen LogP contribution in [0.1, 0.15) is 37.6 Å². The van der Waals surface area contributed by atoms with Gasteiger partial charge < -0.3 is 4.74 Å². The van der Waals surface area contributed by atoms with E-state index in [2.05, 4.69) is 11.9 Å². The fraction of sp³-hybridized carbons (Fsp3) is 0.385. The van der Waals surface area contributed by atoms with Crippen molar-refractivity contribution >= 4 is 17.4 Å². The first kappa shape index (κ1) is 12.4. The molecule has 0 unspecified atom stereocenters. The molecule has 3 nitrogen and oxygen atoms in total. The lowest BCUT2D eigenvalue weighted by molar-refractivity contribution is 0.0526. The van der Waals surface area contributed by atoms with Gasteiger partial charge in [0.15, 0.2) is 0 Å². The van der Waals surface area contributed by atoms with Gasteiger partial charge in [-0.1, -0.05) is 6.92 Å². The van der Waals surface area contributed by atoms with E-state index in [0.717, 1.165) is 17.8 Å². The Morgan fingerprint density at radius 2 is 1.88 bits per heavy atom. The molecule has 0 aliphatic heterocycles. The van der Waals surface area contributed by atoms with Gasteiger partial charge in [0.1, 0.15) is 0 Å². The van der Waals surface area contributed by atoms with Crippen LogP contribution in [0.4, 0.5) is 5.69 Å². The zero-order valence-corrected chi connectivity index (χ0v) is 9.99. The Bertz CT molecular complexity index is 379. The van der Waals surface area contributed by atoms with Gasteiger partial charge in [-0.3, -0.25) is 4.99 Å². The van der Waals surface area contributed by atoms with Crippen molar-refractivity contribution in [2.75, 3.05) is 6.61 Å². The summed E-state index contributed by atoms with van der Waals surface area (Å²) in [5, 5.41) is 0. The maximum Gasteiger partial charge on any atom is 0.338 e. The van der Waals surface area contributed by atoms with Gasteiger partial charge in [-0.2, -0.15) is 0 Å². The van der Waals surface area contributed by atoms with Crippen LogP contribution in [0.2, 0.25) is 0 Å². The van der Waals surface area contributed by atoms with Crippen LogP contribution >= 0.6 is 0 Å². The standard InChI is InChI=1S/C13H17NO2/c1-4-10(3)14-12-8-6-11(7-9-12)13(15)16-5-2/h6-9H,4-5H2,1-3H3/b14-10+. The molecule has 0 fully saturated rings. The monoisotopic (exact) mass is 219 g/mol. The molecule has 1 aromatic rings. The molecule has 0 spiro atoms. The summed E-state index contributed by atoms with van der Waals surface area (Å²) in [5.41, 5.74) is 2.51. The summed E-state index contributed by atoms with van der Waals surface area (Å²) in [6.07, 6.45) is 0.930. The molecule has 0 bridgehead atoms. The molecule has 86 valence electrons. The van der Waals surface area contributed by atoms with E-state index in [1.165, 1.54) is 0 Å². The molecule has 1 rings (SSSR count). The van der Waals surface area contributed by atoms with Gasteiger partial charge in [-0.25, -0.2) is 4.79 Å². The number of rotatable bonds is 4. The number of benzene rings is 1. The molecular weight excluding hydrogens is 202 g/mol. The maximum atomic E-state index is 11.4. The number of carbonyl (C=O) groups excluding carboxylic acids is 1. The van der Waals surface area contributed by atoms with Crippen LogP contribution in [-0.2, 0) is 4.74 Å². The second-order valence-electron chi connectivity index (χ2n) is 3.47. The van der Waals surface area contributed by atoms with E-state index in [9.17, 15) is 4.79 Å². The summed E-state index contributed by atoms with van der Waals surface area (Å²) in [6, 6.07) is 7.12. The molecule has 1 aromatic carbocycles. The molecule has 0 atom stereocenters. The van der Waals surface area contributed by atoms with Gasteiger partial charge >= 0.3 is 5.97 Å². The van der Waals surface area contributed by atoms with Gasteiger partial charge in [0.2, 0.25) is 0 Å². The zero-order valence-electron chi connectivity index (χ0n) is 9.99. The van der Waals surface area contributed by atoms with Gasteiger partial charge in [0, 0.05) is 5.71 Å². The highest BCUT2D eigenvalue weighted by Crippen LogP contribution is 2.14. The van der Waals surface area contributed by atoms with Crippen molar-refractivity contribution in [2.24, 2.45) is 4.99 Å². The number of ether oxygens (including phenoxy) is 1. The Hall–Kier alpha value is -1.64. The summed E-state index contributed by atoms with van der Waals surface area (Å²) in [5.74, 6) is -0.287. The Morgan fingerprint density at radius 3 is 2.38 bits per heavy atom. The number of hydrogen-bond acceptors (Lipinski definition) is 3. The molecule has 0 saturated heterocycles. The van der Waals surface area contributed by atoms with Crippen molar-refractivity contribution in [1.29, 1.82) is 0 Å². The van der Waals surface area contributed by atoms with E-state index in [4.69, 9.17) is 4.74 Å². The summed E-state index contributed by atoms with van der Waals surface area (Å²) in [6.45, 7) is 6.24. The third-order valence-electron chi connectivity index (χ3n) is 2.21. The fourth-order valence-electron chi connectivity index (χ4n) is 1.19. The van der Waals surface area contributed by atoms with E-state index in [1.807, 2.05) is 19.1 Å². The quantitative estimate of drug-likeness (QED) is 0.575. The van der Waals surface area contributed by atoms with Crippen LogP contribution in [0.15, 0.2) is 29.3 Å². The van der Waals surface area contributed by atoms with Crippen LogP contribution in [-0.4, -0.2) is 18.3 Å². The highest BCUT2D eigenvalue weighted by Gasteiger charge is 2.04. The average molecular weight is 219 g/mol. The van der Waals surface area contributed by atoms with Gasteiger partial charge in [0.05, 0.1) is 17.9 Å². The summed E-state index contributed by atoms with van der Waals surface area (Å²) in [4.78, 5) is 15.8. The first-order valence-corrected chi connectivity index (χ1v) is 5.48. The molecule has 0 aliphatic carbocycles. The normalized spacial score (nSPS) is 11.3. The van der Waals surface area contributed by atoms with Gasteiger partial charge in [-0.15, -0.1) is 0 Å². The lowest BCUT2D eigenvalue weighted by atomic mass is 10.2. The number of carbonyl (C=O) groups is 1. The minimum absolute atomic E-state index is 0.287. The van der Waals surface area contributed by atoms with E-state index in [1.54, 1.807) is 19.1 Å². The average Bonchev–Trinajstić information content (AvgIpc) is 2.30. The molecule has 0 radical (unpaired) electrons. The first-order chi connectivity index (χ1) is 7.67. The second-order valence-corrected chi connectivity index (χ2v) is 3.47. The molecule has 0 aromatic heterocycles. The van der Waals surface area contributed by atoms with Crippen molar-refractivity contribution in [2.45, 2.75) is 27.2 Å². The highest BCUT2D eigenvalue weighted by molar-refractivity contribution is 5.90. The maximum absolute atomic E-state index is 11.4. The second kappa shape index (κ2) is 6.05. The Kier molecular flexibility index (Phi) is 4.70. The summed E-state index contributed by atoms with van der Waals surface area (Å²) < 4.78 is 4.90. The molecular formula is C13H17NO2. The molecule has 0 amide bonds. The van der Waals surface area contributed by atoms with Crippen LogP contribution in [0.25, 0.3) is 0 Å². The van der Waals surface area contributed by atoms with E-state index >= 15 is 0 Å². The van der Waals surface area contributed by atoms with Crippen LogP contribution in [0.3, 0.4) is 0 Å². The Morgan fingerprint density at radius 1 is 1.25 bits per heavy atom. The zero-order chi connectivity index (χ0) is 12.0. The van der Waals surface area contributed by atoms with Crippen molar-refractivity contribution in [3.63, 3.8) is 0 Å². The molecule has 3 heteroatoms. The van der Waals surface area contributed by atoms with E-state index in [0.29, 0.717) is 12.2 Å². The SMILES string of the molecule is CCOC(=O)c1ccc(/N=C(\C)CC)cc1. The highest BCUT2D eigenvalue weighted by atomic mass is 16.5. The smallest absolute Gasteiger partial charge is 0.338 e. The first-order valence-electron chi connectivity index (χ1n) is 5.48. The Balaban J connectivity index is 2.79. The molecule has 16 heavy (non-hydrogen) atoms. The molecule has 0 heterocycles. The summed E-state index contributed by atoms with van der Waals surface area (Å²) in [7, 11) is 0. The predicted octanol–water partition coefficient (Wildman–Crippen LogP) is 3.37. The third kappa shape index (κ3) is 3.50. The third-order valence-corrected chi connectivity index (χ3v) is 2.21. The van der Waals surface area contributed by atoms with Gasteiger partial charge in [-0.05, 0) is 44.5 Å². The fourth-order valence-corrected chi connectivity index (χ4v) is 1.19. The topological polar surface area (TPSA) is 38.7 Å². The number of hydrogen-bond donors (Lipinski definition) is 0. The van der Waals surface area contributed by atoms with Crippen molar-refractivity contribution in [1.82, 2.24) is 0 Å². The van der Waals surface area contributed by atoms with Crippen molar-refractivity contribution in [3.05, 3.63) is 29.8 Å². The van der Waals surface area contributed by atoms with Crippen LogP contribution in [0, 0.1) is 0 Å². The summed E-state index contributed by atoms with van der Waals surface area (Å²) >= 11 is 0. The Labute approximate surface area is 96.2 Å².